The molecule has 0 radical (unpaired) electrons. The number of carbonyl (C=O) groups is 1. The number of hydrogen-bond donors (Lipinski definition) is 2. The number of aliphatic hydroxyl groups excluding tert-OH is 1. The molecule has 0 aromatic heterocycles. The molecule has 0 bridgehead atoms. The van der Waals surface area contributed by atoms with E-state index in [2.05, 4.69) is 17.1 Å². The number of aryl methyl sites for hydroxylation is 1. The minimum Gasteiger partial charge on any atom is -0.390 e. The number of nitrogens with one attached hydrogen (secondary N) is 1. The quantitative estimate of drug-likeness (QED) is 0.865. The normalized spacial score (nSPS) is 18.0. The Morgan fingerprint density at radius 2 is 2.13 bits per heavy atom. The van der Waals surface area contributed by atoms with Gasteiger partial charge in [0.1, 0.15) is 5.82 Å². The van der Waals surface area contributed by atoms with Gasteiger partial charge in [-0.2, -0.15) is 0 Å². The molecular weight excluding hydrogens is 319 g/mol. The summed E-state index contributed by atoms with van der Waals surface area (Å²) in [4.78, 5) is 14.3. The SMILES string of the molecule is Cc1cc(C(=O)NCC(O)CN2CCC(C)CC2)c(Cl)cc1F. The Bertz CT molecular complexity index is 560. The van der Waals surface area contributed by atoms with Crippen molar-refractivity contribution in [2.75, 3.05) is 26.2 Å². The van der Waals surface area contributed by atoms with E-state index in [9.17, 15) is 14.3 Å². The van der Waals surface area contributed by atoms with Gasteiger partial charge in [0.2, 0.25) is 0 Å². The maximum atomic E-state index is 13.4. The van der Waals surface area contributed by atoms with Gasteiger partial charge in [-0.1, -0.05) is 18.5 Å². The molecule has 0 saturated carbocycles. The number of β-amino-alcohol motifs (C(OH)–C–C–N with tert-alkyl or cyclic N) is 1. The highest BCUT2D eigenvalue weighted by Gasteiger charge is 2.19. The zero-order valence-electron chi connectivity index (χ0n) is 13.6. The fraction of sp³-hybridized carbons (Fsp3) is 0.588. The van der Waals surface area contributed by atoms with Gasteiger partial charge < -0.3 is 15.3 Å². The molecule has 6 heteroatoms. The molecule has 23 heavy (non-hydrogen) atoms. The summed E-state index contributed by atoms with van der Waals surface area (Å²) in [6, 6.07) is 2.56. The first kappa shape index (κ1) is 18.2. The summed E-state index contributed by atoms with van der Waals surface area (Å²) in [5.41, 5.74) is 0.590. The van der Waals surface area contributed by atoms with Gasteiger partial charge >= 0.3 is 0 Å². The van der Waals surface area contributed by atoms with Gasteiger partial charge in [-0.3, -0.25) is 4.79 Å². The van der Waals surface area contributed by atoms with E-state index in [-0.39, 0.29) is 17.1 Å². The topological polar surface area (TPSA) is 52.6 Å². The molecule has 2 N–H and O–H groups in total. The van der Waals surface area contributed by atoms with Crippen molar-refractivity contribution >= 4 is 17.5 Å². The number of amides is 1. The summed E-state index contributed by atoms with van der Waals surface area (Å²) in [7, 11) is 0. The molecule has 1 aliphatic rings. The Morgan fingerprint density at radius 1 is 1.48 bits per heavy atom. The lowest BCUT2D eigenvalue weighted by Gasteiger charge is -2.31. The van der Waals surface area contributed by atoms with E-state index in [0.29, 0.717) is 12.1 Å². The van der Waals surface area contributed by atoms with Crippen LogP contribution in [-0.2, 0) is 0 Å². The van der Waals surface area contributed by atoms with Gasteiger partial charge in [0, 0.05) is 13.1 Å². The van der Waals surface area contributed by atoms with E-state index in [1.165, 1.54) is 6.07 Å². The first-order valence-electron chi connectivity index (χ1n) is 8.01. The highest BCUT2D eigenvalue weighted by atomic mass is 35.5. The van der Waals surface area contributed by atoms with Gasteiger partial charge in [0.15, 0.2) is 0 Å². The van der Waals surface area contributed by atoms with Crippen molar-refractivity contribution in [3.8, 4) is 0 Å². The third-order valence-electron chi connectivity index (χ3n) is 4.34. The molecule has 1 aromatic rings. The van der Waals surface area contributed by atoms with Crippen LogP contribution in [0.5, 0.6) is 0 Å². The minimum atomic E-state index is -0.632. The number of benzene rings is 1. The lowest BCUT2D eigenvalue weighted by Crippen LogP contribution is -2.43. The van der Waals surface area contributed by atoms with Gasteiger partial charge in [-0.15, -0.1) is 0 Å². The van der Waals surface area contributed by atoms with E-state index in [0.717, 1.165) is 37.9 Å². The predicted molar refractivity (Wildman–Crippen MR) is 89.3 cm³/mol. The molecule has 1 atom stereocenters. The zero-order valence-corrected chi connectivity index (χ0v) is 14.4. The summed E-state index contributed by atoms with van der Waals surface area (Å²) in [6.45, 7) is 6.47. The molecule has 0 spiro atoms. The fourth-order valence-corrected chi connectivity index (χ4v) is 2.98. The predicted octanol–water partition coefficient (Wildman–Crippen LogP) is 2.61. The van der Waals surface area contributed by atoms with Crippen LogP contribution in [0.3, 0.4) is 0 Å². The molecule has 1 aliphatic heterocycles. The number of piperidine rings is 1. The standard InChI is InChI=1S/C17H24ClFN2O2/c1-11-3-5-21(6-4-11)10-13(22)9-20-17(23)14-7-12(2)16(19)8-15(14)18/h7-8,11,13,22H,3-6,9-10H2,1-2H3,(H,20,23). The lowest BCUT2D eigenvalue weighted by molar-refractivity contribution is 0.0795. The molecule has 2 rings (SSSR count). The molecule has 1 aromatic carbocycles. The average Bonchev–Trinajstić information content (AvgIpc) is 2.51. The second kappa shape index (κ2) is 8.08. The fourth-order valence-electron chi connectivity index (χ4n) is 2.74. The van der Waals surface area contributed by atoms with Crippen molar-refractivity contribution in [1.29, 1.82) is 0 Å². The van der Waals surface area contributed by atoms with Gasteiger partial charge in [0.25, 0.3) is 5.91 Å². The van der Waals surface area contributed by atoms with Crippen molar-refractivity contribution in [2.24, 2.45) is 5.92 Å². The van der Waals surface area contributed by atoms with E-state index in [1.807, 2.05) is 0 Å². The maximum Gasteiger partial charge on any atom is 0.252 e. The maximum absolute atomic E-state index is 13.4. The monoisotopic (exact) mass is 342 g/mol. The first-order valence-corrected chi connectivity index (χ1v) is 8.39. The van der Waals surface area contributed by atoms with Crippen molar-refractivity contribution in [1.82, 2.24) is 10.2 Å². The van der Waals surface area contributed by atoms with Crippen LogP contribution < -0.4 is 5.32 Å². The summed E-state index contributed by atoms with van der Waals surface area (Å²) in [5.74, 6) is -0.0951. The number of carbonyl (C=O) groups excluding carboxylic acids is 1. The second-order valence-electron chi connectivity index (χ2n) is 6.43. The van der Waals surface area contributed by atoms with E-state index in [1.54, 1.807) is 6.92 Å². The lowest BCUT2D eigenvalue weighted by atomic mass is 9.99. The third-order valence-corrected chi connectivity index (χ3v) is 4.65. The Balaban J connectivity index is 1.83. The van der Waals surface area contributed by atoms with E-state index >= 15 is 0 Å². The molecule has 4 nitrogen and oxygen atoms in total. The van der Waals surface area contributed by atoms with Crippen LogP contribution >= 0.6 is 11.6 Å². The Labute approximate surface area is 141 Å². The smallest absolute Gasteiger partial charge is 0.252 e. The molecule has 1 saturated heterocycles. The summed E-state index contributed by atoms with van der Waals surface area (Å²) < 4.78 is 13.4. The summed E-state index contributed by atoms with van der Waals surface area (Å²) in [6.07, 6.45) is 1.65. The van der Waals surface area contributed by atoms with Crippen LogP contribution in [0, 0.1) is 18.7 Å². The van der Waals surface area contributed by atoms with Crippen LogP contribution in [0.1, 0.15) is 35.7 Å². The second-order valence-corrected chi connectivity index (χ2v) is 6.84. The van der Waals surface area contributed by atoms with Gasteiger partial charge in [-0.25, -0.2) is 4.39 Å². The number of nitrogens with zero attached hydrogens (tertiary/aromatic N) is 1. The molecule has 1 amide bonds. The van der Waals surface area contributed by atoms with Crippen LogP contribution in [0.25, 0.3) is 0 Å². The molecule has 0 aliphatic carbocycles. The highest BCUT2D eigenvalue weighted by molar-refractivity contribution is 6.33. The van der Waals surface area contributed by atoms with Crippen molar-refractivity contribution < 1.29 is 14.3 Å². The molecule has 1 heterocycles. The number of hydrogen-bond acceptors (Lipinski definition) is 3. The number of aliphatic hydroxyl groups is 1. The largest absolute Gasteiger partial charge is 0.390 e. The summed E-state index contributed by atoms with van der Waals surface area (Å²) >= 11 is 5.91. The Morgan fingerprint density at radius 3 is 2.78 bits per heavy atom. The molecule has 1 unspecified atom stereocenters. The van der Waals surface area contributed by atoms with Gasteiger partial charge in [0.05, 0.1) is 16.7 Å². The third kappa shape index (κ3) is 5.16. The zero-order chi connectivity index (χ0) is 17.0. The van der Waals surface area contributed by atoms with Crippen LogP contribution in [0.4, 0.5) is 4.39 Å². The van der Waals surface area contributed by atoms with E-state index < -0.39 is 17.8 Å². The first-order chi connectivity index (χ1) is 10.9. The van der Waals surface area contributed by atoms with Crippen LogP contribution in [0.2, 0.25) is 5.02 Å². The van der Waals surface area contributed by atoms with Crippen LogP contribution in [-0.4, -0.2) is 48.2 Å². The molecular formula is C17H24ClFN2O2. The van der Waals surface area contributed by atoms with Crippen LogP contribution in [0.15, 0.2) is 12.1 Å². The molecule has 128 valence electrons. The van der Waals surface area contributed by atoms with Crippen molar-refractivity contribution in [2.45, 2.75) is 32.8 Å². The summed E-state index contributed by atoms with van der Waals surface area (Å²) in [5, 5.41) is 12.8. The number of likely N-dealkylation sites (tertiary alicyclic amines) is 1. The van der Waals surface area contributed by atoms with E-state index in [4.69, 9.17) is 11.6 Å². The Hall–Kier alpha value is -1.17. The average molecular weight is 343 g/mol. The van der Waals surface area contributed by atoms with Crippen molar-refractivity contribution in [3.63, 3.8) is 0 Å². The number of rotatable bonds is 5. The Kier molecular flexibility index (Phi) is 6.39. The number of halogens is 2. The highest BCUT2D eigenvalue weighted by Crippen LogP contribution is 2.20. The van der Waals surface area contributed by atoms with Crippen molar-refractivity contribution in [3.05, 3.63) is 34.1 Å². The molecule has 1 fully saturated rings. The minimum absolute atomic E-state index is 0.0742. The van der Waals surface area contributed by atoms with Gasteiger partial charge in [-0.05, 0) is 56.5 Å².